The average molecular weight is 433 g/mol. The lowest BCUT2D eigenvalue weighted by atomic mass is 9.95. The van der Waals surface area contributed by atoms with Gasteiger partial charge in [-0.25, -0.2) is 4.39 Å². The maximum atomic E-state index is 13.8. The highest BCUT2D eigenvalue weighted by atomic mass is 35.5. The standard InChI is InChI=1S/C23H26ClFN2O3/c24-20-7-6-17(25)14-19(20)23(29)27-12-13-30-21(15-26-10-8-18(28)9-11-26)22(27)16-4-2-1-3-5-16/h1-7,14,18,21-22,28H,8-13,15H2/t21-,22-/m0/s1. The highest BCUT2D eigenvalue weighted by Gasteiger charge is 2.38. The Labute approximate surface area is 181 Å². The summed E-state index contributed by atoms with van der Waals surface area (Å²) < 4.78 is 20.0. The van der Waals surface area contributed by atoms with Crippen LogP contribution in [0.2, 0.25) is 5.02 Å². The van der Waals surface area contributed by atoms with E-state index in [0.29, 0.717) is 19.7 Å². The van der Waals surface area contributed by atoms with E-state index in [4.69, 9.17) is 16.3 Å². The minimum Gasteiger partial charge on any atom is -0.393 e. The molecular formula is C23H26ClFN2O3. The minimum absolute atomic E-state index is 0.166. The summed E-state index contributed by atoms with van der Waals surface area (Å²) in [4.78, 5) is 17.4. The number of nitrogens with zero attached hydrogens (tertiary/aromatic N) is 2. The van der Waals surface area contributed by atoms with Crippen molar-refractivity contribution in [2.75, 3.05) is 32.8 Å². The van der Waals surface area contributed by atoms with Crippen LogP contribution < -0.4 is 0 Å². The first-order valence-electron chi connectivity index (χ1n) is 10.4. The summed E-state index contributed by atoms with van der Waals surface area (Å²) in [6, 6.07) is 13.3. The fraction of sp³-hybridized carbons (Fsp3) is 0.435. The lowest BCUT2D eigenvalue weighted by Gasteiger charge is -2.44. The molecule has 1 N–H and O–H groups in total. The number of morpholine rings is 1. The SMILES string of the molecule is O=C(c1cc(F)ccc1Cl)N1CCO[C@@H](CN2CCC(O)CC2)[C@@H]1c1ccccc1. The number of aliphatic hydroxyl groups is 1. The van der Waals surface area contributed by atoms with Gasteiger partial charge in [0, 0.05) is 26.2 Å². The molecule has 2 atom stereocenters. The van der Waals surface area contributed by atoms with Crippen LogP contribution in [-0.2, 0) is 4.74 Å². The molecule has 0 bridgehead atoms. The number of carbonyl (C=O) groups is 1. The third-order valence-electron chi connectivity index (χ3n) is 5.91. The van der Waals surface area contributed by atoms with Crippen molar-refractivity contribution in [3.63, 3.8) is 0 Å². The maximum absolute atomic E-state index is 13.8. The zero-order valence-corrected chi connectivity index (χ0v) is 17.5. The Morgan fingerprint density at radius 1 is 1.13 bits per heavy atom. The van der Waals surface area contributed by atoms with E-state index in [2.05, 4.69) is 4.90 Å². The van der Waals surface area contributed by atoms with Crippen molar-refractivity contribution in [2.24, 2.45) is 0 Å². The molecule has 2 aliphatic heterocycles. The van der Waals surface area contributed by atoms with Crippen molar-refractivity contribution in [1.29, 1.82) is 0 Å². The fourth-order valence-electron chi connectivity index (χ4n) is 4.33. The monoisotopic (exact) mass is 432 g/mol. The summed E-state index contributed by atoms with van der Waals surface area (Å²) in [6.07, 6.45) is 1.01. The number of carbonyl (C=O) groups excluding carboxylic acids is 1. The number of hydrogen-bond acceptors (Lipinski definition) is 4. The van der Waals surface area contributed by atoms with E-state index >= 15 is 0 Å². The molecule has 2 saturated heterocycles. The van der Waals surface area contributed by atoms with Crippen LogP contribution in [0.1, 0.15) is 34.8 Å². The second-order valence-corrected chi connectivity index (χ2v) is 8.33. The normalized spacial score (nSPS) is 23.5. The van der Waals surface area contributed by atoms with Gasteiger partial charge in [-0.3, -0.25) is 4.79 Å². The van der Waals surface area contributed by atoms with E-state index in [0.717, 1.165) is 31.5 Å². The Kier molecular flexibility index (Phi) is 6.68. The molecular weight excluding hydrogens is 407 g/mol. The van der Waals surface area contributed by atoms with Crippen LogP contribution >= 0.6 is 11.6 Å². The smallest absolute Gasteiger partial charge is 0.256 e. The molecule has 0 spiro atoms. The quantitative estimate of drug-likeness (QED) is 0.803. The molecule has 5 nitrogen and oxygen atoms in total. The maximum Gasteiger partial charge on any atom is 0.256 e. The van der Waals surface area contributed by atoms with Crippen LogP contribution in [0.15, 0.2) is 48.5 Å². The average Bonchev–Trinajstić information content (AvgIpc) is 2.77. The van der Waals surface area contributed by atoms with Gasteiger partial charge in [-0.1, -0.05) is 41.9 Å². The lowest BCUT2D eigenvalue weighted by Crippen LogP contribution is -2.52. The molecule has 2 fully saturated rings. The molecule has 2 aromatic carbocycles. The van der Waals surface area contributed by atoms with Gasteiger partial charge in [0.1, 0.15) is 5.82 Å². The summed E-state index contributed by atoms with van der Waals surface area (Å²) in [5.74, 6) is -0.786. The van der Waals surface area contributed by atoms with Crippen molar-refractivity contribution in [1.82, 2.24) is 9.80 Å². The zero-order valence-electron chi connectivity index (χ0n) is 16.7. The van der Waals surface area contributed by atoms with Crippen LogP contribution in [0.3, 0.4) is 0 Å². The largest absolute Gasteiger partial charge is 0.393 e. The third kappa shape index (κ3) is 4.67. The molecule has 0 unspecified atom stereocenters. The Morgan fingerprint density at radius 2 is 1.87 bits per heavy atom. The van der Waals surface area contributed by atoms with E-state index in [1.807, 2.05) is 30.3 Å². The number of rotatable bonds is 4. The first kappa shape index (κ1) is 21.2. The van der Waals surface area contributed by atoms with E-state index in [1.165, 1.54) is 18.2 Å². The van der Waals surface area contributed by atoms with Gasteiger partial charge < -0.3 is 19.6 Å². The minimum atomic E-state index is -0.490. The molecule has 160 valence electrons. The first-order chi connectivity index (χ1) is 14.5. The van der Waals surface area contributed by atoms with Gasteiger partial charge >= 0.3 is 0 Å². The number of amides is 1. The third-order valence-corrected chi connectivity index (χ3v) is 6.24. The molecule has 2 aliphatic rings. The predicted molar refractivity (Wildman–Crippen MR) is 113 cm³/mol. The zero-order chi connectivity index (χ0) is 21.1. The van der Waals surface area contributed by atoms with Crippen molar-refractivity contribution in [3.05, 3.63) is 70.5 Å². The molecule has 7 heteroatoms. The topological polar surface area (TPSA) is 53.0 Å². The van der Waals surface area contributed by atoms with Gasteiger partial charge in [0.2, 0.25) is 0 Å². The number of hydrogen-bond donors (Lipinski definition) is 1. The first-order valence-corrected chi connectivity index (χ1v) is 10.7. The Hall–Kier alpha value is -1.99. The fourth-order valence-corrected chi connectivity index (χ4v) is 4.53. The van der Waals surface area contributed by atoms with Crippen molar-refractivity contribution >= 4 is 17.5 Å². The van der Waals surface area contributed by atoms with E-state index in [1.54, 1.807) is 4.90 Å². The Morgan fingerprint density at radius 3 is 2.60 bits per heavy atom. The van der Waals surface area contributed by atoms with Crippen molar-refractivity contribution in [3.8, 4) is 0 Å². The predicted octanol–water partition coefficient (Wildman–Crippen LogP) is 3.52. The van der Waals surface area contributed by atoms with Gasteiger partial charge in [0.05, 0.1) is 35.4 Å². The number of benzene rings is 2. The van der Waals surface area contributed by atoms with Crippen LogP contribution in [0.5, 0.6) is 0 Å². The van der Waals surface area contributed by atoms with Gasteiger partial charge in [-0.2, -0.15) is 0 Å². The Bertz CT molecular complexity index is 874. The Balaban J connectivity index is 1.63. The van der Waals surface area contributed by atoms with Crippen LogP contribution in [0.25, 0.3) is 0 Å². The molecule has 2 aromatic rings. The summed E-state index contributed by atoms with van der Waals surface area (Å²) in [7, 11) is 0. The van der Waals surface area contributed by atoms with Gasteiger partial charge in [-0.05, 0) is 36.6 Å². The van der Waals surface area contributed by atoms with Crippen molar-refractivity contribution < 1.29 is 19.0 Å². The highest BCUT2D eigenvalue weighted by Crippen LogP contribution is 2.33. The van der Waals surface area contributed by atoms with E-state index in [-0.39, 0.29) is 34.7 Å². The molecule has 1 amide bonds. The second kappa shape index (κ2) is 9.43. The van der Waals surface area contributed by atoms with Gasteiger partial charge in [-0.15, -0.1) is 0 Å². The summed E-state index contributed by atoms with van der Waals surface area (Å²) >= 11 is 6.23. The summed E-state index contributed by atoms with van der Waals surface area (Å²) in [5, 5.41) is 10.0. The number of halogens is 2. The highest BCUT2D eigenvalue weighted by molar-refractivity contribution is 6.33. The molecule has 0 aliphatic carbocycles. The van der Waals surface area contributed by atoms with Crippen molar-refractivity contribution in [2.45, 2.75) is 31.1 Å². The summed E-state index contributed by atoms with van der Waals surface area (Å²) in [5.41, 5.74) is 1.14. The summed E-state index contributed by atoms with van der Waals surface area (Å²) in [6.45, 7) is 3.06. The number of aliphatic hydroxyl groups excluding tert-OH is 1. The molecule has 0 radical (unpaired) electrons. The van der Waals surface area contributed by atoms with Crippen LogP contribution in [0, 0.1) is 5.82 Å². The number of piperidine rings is 1. The number of likely N-dealkylation sites (tertiary alicyclic amines) is 1. The molecule has 2 heterocycles. The second-order valence-electron chi connectivity index (χ2n) is 7.92. The van der Waals surface area contributed by atoms with Crippen LogP contribution in [-0.4, -0.2) is 65.8 Å². The molecule has 4 rings (SSSR count). The molecule has 0 aromatic heterocycles. The number of ether oxygens (including phenoxy) is 1. The van der Waals surface area contributed by atoms with Gasteiger partial charge in [0.15, 0.2) is 0 Å². The van der Waals surface area contributed by atoms with Gasteiger partial charge in [0.25, 0.3) is 5.91 Å². The van der Waals surface area contributed by atoms with E-state index in [9.17, 15) is 14.3 Å². The van der Waals surface area contributed by atoms with Crippen LogP contribution in [0.4, 0.5) is 4.39 Å². The molecule has 30 heavy (non-hydrogen) atoms. The van der Waals surface area contributed by atoms with E-state index < -0.39 is 5.82 Å². The molecule has 0 saturated carbocycles. The lowest BCUT2D eigenvalue weighted by molar-refractivity contribution is -0.0770.